The zero-order valence-corrected chi connectivity index (χ0v) is 14.2. The smallest absolute Gasteiger partial charge is 0.410 e. The Labute approximate surface area is 137 Å². The normalized spacial score (nSPS) is 19.3. The third kappa shape index (κ3) is 4.03. The van der Waals surface area contributed by atoms with Gasteiger partial charge in [0, 0.05) is 18.5 Å². The molecule has 1 aliphatic rings. The molecule has 1 heterocycles. The maximum absolute atomic E-state index is 12.2. The Kier molecular flexibility index (Phi) is 5.32. The molecule has 0 bridgehead atoms. The highest BCUT2D eigenvalue weighted by molar-refractivity contribution is 5.68. The monoisotopic (exact) mass is 321 g/mol. The third-order valence-corrected chi connectivity index (χ3v) is 4.47. The summed E-state index contributed by atoms with van der Waals surface area (Å²) in [7, 11) is 0. The van der Waals surface area contributed by atoms with Crippen LogP contribution in [0.2, 0.25) is 0 Å². The summed E-state index contributed by atoms with van der Waals surface area (Å²) < 4.78 is 5.41. The molecule has 0 radical (unpaired) electrons. The molecule has 5 nitrogen and oxygen atoms in total. The summed E-state index contributed by atoms with van der Waals surface area (Å²) in [5, 5.41) is 19.9. The summed E-state index contributed by atoms with van der Waals surface area (Å²) in [6.07, 6.45) is 0.0269. The van der Waals surface area contributed by atoms with Crippen LogP contribution < -0.4 is 0 Å². The molecule has 1 aliphatic heterocycles. The Hall–Kier alpha value is -1.59. The van der Waals surface area contributed by atoms with Crippen LogP contribution in [0.1, 0.15) is 39.2 Å². The number of rotatable bonds is 3. The van der Waals surface area contributed by atoms with Gasteiger partial charge in [-0.1, -0.05) is 30.3 Å². The molecule has 0 aliphatic carbocycles. The molecule has 1 fully saturated rings. The van der Waals surface area contributed by atoms with Crippen LogP contribution in [-0.2, 0) is 10.2 Å². The number of hydrogen-bond donors (Lipinski definition) is 2. The van der Waals surface area contributed by atoms with Gasteiger partial charge < -0.3 is 19.8 Å². The summed E-state index contributed by atoms with van der Waals surface area (Å²) in [6, 6.07) is 9.74. The number of likely N-dealkylation sites (tertiary alicyclic amines) is 1. The molecule has 1 saturated heterocycles. The van der Waals surface area contributed by atoms with Gasteiger partial charge in [-0.3, -0.25) is 0 Å². The molecular formula is C18H27NO4. The van der Waals surface area contributed by atoms with Crippen molar-refractivity contribution in [2.45, 2.75) is 50.7 Å². The minimum Gasteiger partial charge on any atom is -0.444 e. The van der Waals surface area contributed by atoms with E-state index < -0.39 is 17.1 Å². The maximum atomic E-state index is 12.2. The van der Waals surface area contributed by atoms with E-state index >= 15 is 0 Å². The standard InChI is InChI=1S/C18H27NO4/c1-17(2,3)23-16(22)19-11-9-18(10-12-19,15(21)13-20)14-7-5-4-6-8-14/h4-8,15,20-21H,9-13H2,1-3H3. The van der Waals surface area contributed by atoms with Crippen LogP contribution in [0.5, 0.6) is 0 Å². The van der Waals surface area contributed by atoms with E-state index in [2.05, 4.69) is 0 Å². The van der Waals surface area contributed by atoms with E-state index in [-0.39, 0.29) is 12.7 Å². The van der Waals surface area contributed by atoms with E-state index in [9.17, 15) is 15.0 Å². The fraction of sp³-hybridized carbons (Fsp3) is 0.611. The number of aliphatic hydroxyl groups is 2. The Morgan fingerprint density at radius 1 is 1.26 bits per heavy atom. The Morgan fingerprint density at radius 3 is 2.30 bits per heavy atom. The fourth-order valence-electron chi connectivity index (χ4n) is 3.17. The number of nitrogens with zero attached hydrogens (tertiary/aromatic N) is 1. The van der Waals surface area contributed by atoms with Gasteiger partial charge in [0.15, 0.2) is 0 Å². The van der Waals surface area contributed by atoms with Gasteiger partial charge in [-0.25, -0.2) is 4.79 Å². The van der Waals surface area contributed by atoms with Crippen molar-refractivity contribution in [1.29, 1.82) is 0 Å². The molecule has 1 atom stereocenters. The van der Waals surface area contributed by atoms with Crippen molar-refractivity contribution in [3.8, 4) is 0 Å². The van der Waals surface area contributed by atoms with Gasteiger partial charge in [0.2, 0.25) is 0 Å². The lowest BCUT2D eigenvalue weighted by Crippen LogP contribution is -2.52. The molecule has 1 aromatic rings. The summed E-state index contributed by atoms with van der Waals surface area (Å²) >= 11 is 0. The Bertz CT molecular complexity index is 516. The highest BCUT2D eigenvalue weighted by atomic mass is 16.6. The molecule has 128 valence electrons. The molecular weight excluding hydrogens is 294 g/mol. The van der Waals surface area contributed by atoms with Crippen molar-refractivity contribution in [2.75, 3.05) is 19.7 Å². The maximum Gasteiger partial charge on any atom is 0.410 e. The average molecular weight is 321 g/mol. The third-order valence-electron chi connectivity index (χ3n) is 4.47. The molecule has 0 aromatic heterocycles. The first-order chi connectivity index (χ1) is 10.8. The van der Waals surface area contributed by atoms with Crippen molar-refractivity contribution in [3.63, 3.8) is 0 Å². The molecule has 2 N–H and O–H groups in total. The summed E-state index contributed by atoms with van der Waals surface area (Å²) in [5.41, 5.74) is -0.0325. The SMILES string of the molecule is CC(C)(C)OC(=O)N1CCC(c2ccccc2)(C(O)CO)CC1. The van der Waals surface area contributed by atoms with Gasteiger partial charge in [0.05, 0.1) is 12.7 Å². The zero-order valence-electron chi connectivity index (χ0n) is 14.2. The van der Waals surface area contributed by atoms with Gasteiger partial charge in [-0.05, 0) is 39.2 Å². The van der Waals surface area contributed by atoms with Crippen LogP contribution in [0.15, 0.2) is 30.3 Å². The summed E-state index contributed by atoms with van der Waals surface area (Å²) in [5.74, 6) is 0. The van der Waals surface area contributed by atoms with Gasteiger partial charge in [-0.2, -0.15) is 0 Å². The Morgan fingerprint density at radius 2 is 1.83 bits per heavy atom. The molecule has 1 aromatic carbocycles. The highest BCUT2D eigenvalue weighted by Crippen LogP contribution is 2.39. The van der Waals surface area contributed by atoms with Crippen molar-refractivity contribution in [2.24, 2.45) is 0 Å². The van der Waals surface area contributed by atoms with Gasteiger partial charge >= 0.3 is 6.09 Å². The number of piperidine rings is 1. The van der Waals surface area contributed by atoms with E-state index in [1.165, 1.54) is 0 Å². The number of amides is 1. The second kappa shape index (κ2) is 6.89. The minimum atomic E-state index is -0.842. The number of ether oxygens (including phenoxy) is 1. The lowest BCUT2D eigenvalue weighted by molar-refractivity contribution is -0.0176. The summed E-state index contributed by atoms with van der Waals surface area (Å²) in [6.45, 7) is 6.25. The number of carbonyl (C=O) groups excluding carboxylic acids is 1. The van der Waals surface area contributed by atoms with E-state index in [4.69, 9.17) is 4.74 Å². The fourth-order valence-corrected chi connectivity index (χ4v) is 3.17. The first kappa shape index (κ1) is 17.8. The van der Waals surface area contributed by atoms with Crippen molar-refractivity contribution in [1.82, 2.24) is 4.90 Å². The predicted molar refractivity (Wildman–Crippen MR) is 88.3 cm³/mol. The van der Waals surface area contributed by atoms with Gasteiger partial charge in [0.25, 0.3) is 0 Å². The lowest BCUT2D eigenvalue weighted by atomic mass is 9.69. The second-order valence-electron chi connectivity index (χ2n) is 7.19. The topological polar surface area (TPSA) is 70.0 Å². The number of hydrogen-bond acceptors (Lipinski definition) is 4. The lowest BCUT2D eigenvalue weighted by Gasteiger charge is -2.44. The predicted octanol–water partition coefficient (Wildman–Crippen LogP) is 2.31. The van der Waals surface area contributed by atoms with Crippen LogP contribution in [0.4, 0.5) is 4.79 Å². The van der Waals surface area contributed by atoms with E-state index in [0.29, 0.717) is 25.9 Å². The molecule has 1 unspecified atom stereocenters. The molecule has 2 rings (SSSR count). The van der Waals surface area contributed by atoms with Crippen LogP contribution in [0.3, 0.4) is 0 Å². The molecule has 5 heteroatoms. The number of carbonyl (C=O) groups is 1. The van der Waals surface area contributed by atoms with Crippen LogP contribution in [0, 0.1) is 0 Å². The molecule has 1 amide bonds. The van der Waals surface area contributed by atoms with Crippen molar-refractivity contribution >= 4 is 6.09 Å². The average Bonchev–Trinajstić information content (AvgIpc) is 2.53. The van der Waals surface area contributed by atoms with E-state index in [1.54, 1.807) is 4.90 Å². The minimum absolute atomic E-state index is 0.290. The van der Waals surface area contributed by atoms with Gasteiger partial charge in [-0.15, -0.1) is 0 Å². The molecule has 0 saturated carbocycles. The zero-order chi connectivity index (χ0) is 17.1. The molecule has 0 spiro atoms. The van der Waals surface area contributed by atoms with Crippen LogP contribution >= 0.6 is 0 Å². The molecule has 23 heavy (non-hydrogen) atoms. The quantitative estimate of drug-likeness (QED) is 0.896. The van der Waals surface area contributed by atoms with Crippen molar-refractivity contribution in [3.05, 3.63) is 35.9 Å². The largest absolute Gasteiger partial charge is 0.444 e. The van der Waals surface area contributed by atoms with Crippen LogP contribution in [0.25, 0.3) is 0 Å². The Balaban J connectivity index is 2.13. The highest BCUT2D eigenvalue weighted by Gasteiger charge is 2.43. The van der Waals surface area contributed by atoms with E-state index in [1.807, 2.05) is 51.1 Å². The number of benzene rings is 1. The van der Waals surface area contributed by atoms with Gasteiger partial charge in [0.1, 0.15) is 5.60 Å². The van der Waals surface area contributed by atoms with Crippen LogP contribution in [-0.4, -0.2) is 52.6 Å². The summed E-state index contributed by atoms with van der Waals surface area (Å²) in [4.78, 5) is 13.9. The van der Waals surface area contributed by atoms with E-state index in [0.717, 1.165) is 5.56 Å². The first-order valence-electron chi connectivity index (χ1n) is 8.11. The first-order valence-corrected chi connectivity index (χ1v) is 8.11. The number of aliphatic hydroxyl groups excluding tert-OH is 2. The second-order valence-corrected chi connectivity index (χ2v) is 7.19. The van der Waals surface area contributed by atoms with Crippen molar-refractivity contribution < 1.29 is 19.7 Å².